The Morgan fingerprint density at radius 3 is 2.50 bits per heavy atom. The number of ether oxygens (including phenoxy) is 1. The summed E-state index contributed by atoms with van der Waals surface area (Å²) in [4.78, 5) is 15.6. The van der Waals surface area contributed by atoms with Crippen molar-refractivity contribution in [2.75, 3.05) is 7.11 Å². The molecule has 1 unspecified atom stereocenters. The van der Waals surface area contributed by atoms with Crippen molar-refractivity contribution in [3.05, 3.63) is 23.0 Å². The van der Waals surface area contributed by atoms with Gasteiger partial charge in [-0.1, -0.05) is 13.8 Å². The van der Waals surface area contributed by atoms with E-state index in [1.54, 1.807) is 13.3 Å². The molecule has 0 radical (unpaired) electrons. The number of methoxy groups -OCH3 is 1. The Labute approximate surface area is 108 Å². The number of aliphatic carboxylic acids is 1. The summed E-state index contributed by atoms with van der Waals surface area (Å²) in [6, 6.07) is 0. The van der Waals surface area contributed by atoms with Crippen molar-refractivity contribution in [2.45, 2.75) is 34.1 Å². The predicted molar refractivity (Wildman–Crippen MR) is 69.9 cm³/mol. The number of pyridine rings is 1. The number of nitrogens with zero attached hydrogens (tertiary/aromatic N) is 1. The van der Waals surface area contributed by atoms with Crippen molar-refractivity contribution in [3.63, 3.8) is 0 Å². The van der Waals surface area contributed by atoms with Gasteiger partial charge in [-0.15, -0.1) is 0 Å². The Bertz CT molecular complexity index is 441. The highest BCUT2D eigenvalue weighted by Gasteiger charge is 2.24. The highest BCUT2D eigenvalue weighted by atomic mass is 16.5. The van der Waals surface area contributed by atoms with Crippen molar-refractivity contribution in [1.29, 1.82) is 0 Å². The minimum absolute atomic E-state index is 0.0796. The molecule has 1 N–H and O–H groups in total. The van der Waals surface area contributed by atoms with Crippen LogP contribution in [0.3, 0.4) is 0 Å². The standard InChI is InChI=1S/C14H21NO3/c1-8(2)11(14(16)17)6-12-10(4)13(18-5)9(3)7-15-12/h7-8,11H,6H2,1-5H3,(H,16,17). The number of aromatic nitrogens is 1. The summed E-state index contributed by atoms with van der Waals surface area (Å²) in [5, 5.41) is 9.22. The number of carbonyl (C=O) groups is 1. The normalized spacial score (nSPS) is 12.6. The smallest absolute Gasteiger partial charge is 0.307 e. The van der Waals surface area contributed by atoms with Crippen LogP contribution in [0.4, 0.5) is 0 Å². The molecule has 1 atom stereocenters. The Morgan fingerprint density at radius 2 is 2.06 bits per heavy atom. The second kappa shape index (κ2) is 5.85. The van der Waals surface area contributed by atoms with Crippen LogP contribution in [0.1, 0.15) is 30.7 Å². The van der Waals surface area contributed by atoms with E-state index in [4.69, 9.17) is 4.74 Å². The fraction of sp³-hybridized carbons (Fsp3) is 0.571. The minimum Gasteiger partial charge on any atom is -0.496 e. The second-order valence-electron chi connectivity index (χ2n) is 4.94. The molecule has 0 bridgehead atoms. The first-order chi connectivity index (χ1) is 8.38. The van der Waals surface area contributed by atoms with Crippen molar-refractivity contribution in [2.24, 2.45) is 11.8 Å². The summed E-state index contributed by atoms with van der Waals surface area (Å²) in [6.45, 7) is 7.69. The zero-order chi connectivity index (χ0) is 13.9. The fourth-order valence-corrected chi connectivity index (χ4v) is 2.09. The lowest BCUT2D eigenvalue weighted by Gasteiger charge is -2.18. The Hall–Kier alpha value is -1.58. The van der Waals surface area contributed by atoms with Crippen LogP contribution >= 0.6 is 0 Å². The number of carboxylic acids is 1. The molecule has 0 saturated carbocycles. The molecule has 0 aliphatic rings. The molecule has 0 spiro atoms. The topological polar surface area (TPSA) is 59.4 Å². The molecule has 0 aliphatic heterocycles. The summed E-state index contributed by atoms with van der Waals surface area (Å²) < 4.78 is 5.33. The average molecular weight is 251 g/mol. The average Bonchev–Trinajstić information content (AvgIpc) is 2.27. The second-order valence-corrected chi connectivity index (χ2v) is 4.94. The first kappa shape index (κ1) is 14.5. The molecule has 1 aromatic rings. The Balaban J connectivity index is 3.07. The Morgan fingerprint density at radius 1 is 1.44 bits per heavy atom. The molecule has 0 saturated heterocycles. The van der Waals surface area contributed by atoms with Crippen molar-refractivity contribution < 1.29 is 14.6 Å². The first-order valence-electron chi connectivity index (χ1n) is 6.10. The molecule has 0 fully saturated rings. The molecule has 1 rings (SSSR count). The lowest BCUT2D eigenvalue weighted by atomic mass is 9.89. The van der Waals surface area contributed by atoms with Crippen LogP contribution in [-0.2, 0) is 11.2 Å². The van der Waals surface area contributed by atoms with Crippen LogP contribution < -0.4 is 4.74 Å². The van der Waals surface area contributed by atoms with Gasteiger partial charge in [-0.05, 0) is 19.8 Å². The zero-order valence-electron chi connectivity index (χ0n) is 11.7. The van der Waals surface area contributed by atoms with Crippen molar-refractivity contribution in [3.8, 4) is 5.75 Å². The maximum atomic E-state index is 11.2. The van der Waals surface area contributed by atoms with Crippen LogP contribution in [-0.4, -0.2) is 23.2 Å². The molecule has 0 amide bonds. The number of aryl methyl sites for hydroxylation is 1. The van der Waals surface area contributed by atoms with Crippen LogP contribution in [0.15, 0.2) is 6.20 Å². The molecule has 18 heavy (non-hydrogen) atoms. The summed E-state index contributed by atoms with van der Waals surface area (Å²) in [6.07, 6.45) is 2.18. The van der Waals surface area contributed by atoms with Crippen LogP contribution in [0.2, 0.25) is 0 Å². The van der Waals surface area contributed by atoms with Gasteiger partial charge >= 0.3 is 5.97 Å². The van der Waals surface area contributed by atoms with Gasteiger partial charge in [0.25, 0.3) is 0 Å². The monoisotopic (exact) mass is 251 g/mol. The number of hydrogen-bond acceptors (Lipinski definition) is 3. The van der Waals surface area contributed by atoms with E-state index in [9.17, 15) is 9.90 Å². The summed E-state index contributed by atoms with van der Waals surface area (Å²) in [5.41, 5.74) is 2.71. The van der Waals surface area contributed by atoms with E-state index in [2.05, 4.69) is 4.98 Å². The predicted octanol–water partition coefficient (Wildman–Crippen LogP) is 2.61. The number of hydrogen-bond donors (Lipinski definition) is 1. The SMILES string of the molecule is COc1c(C)cnc(CC(C(=O)O)C(C)C)c1C. The molecular weight excluding hydrogens is 230 g/mol. The summed E-state index contributed by atoms with van der Waals surface area (Å²) >= 11 is 0. The van der Waals surface area contributed by atoms with Gasteiger partial charge in [-0.3, -0.25) is 9.78 Å². The van der Waals surface area contributed by atoms with Gasteiger partial charge in [0, 0.05) is 29.4 Å². The molecule has 0 aromatic carbocycles. The van der Waals surface area contributed by atoms with E-state index in [0.717, 1.165) is 22.6 Å². The van der Waals surface area contributed by atoms with Gasteiger partial charge in [0.15, 0.2) is 0 Å². The fourth-order valence-electron chi connectivity index (χ4n) is 2.09. The molecular formula is C14H21NO3. The van der Waals surface area contributed by atoms with Crippen molar-refractivity contribution >= 4 is 5.97 Å². The van der Waals surface area contributed by atoms with Crippen LogP contribution in [0, 0.1) is 25.7 Å². The molecule has 4 heteroatoms. The minimum atomic E-state index is -0.772. The third-order valence-electron chi connectivity index (χ3n) is 3.28. The maximum Gasteiger partial charge on any atom is 0.307 e. The number of rotatable bonds is 5. The van der Waals surface area contributed by atoms with E-state index >= 15 is 0 Å². The van der Waals surface area contributed by atoms with E-state index in [0.29, 0.717) is 6.42 Å². The highest BCUT2D eigenvalue weighted by Crippen LogP contribution is 2.27. The molecule has 1 heterocycles. The molecule has 4 nitrogen and oxygen atoms in total. The maximum absolute atomic E-state index is 11.2. The first-order valence-corrected chi connectivity index (χ1v) is 6.10. The zero-order valence-corrected chi connectivity index (χ0v) is 11.7. The quantitative estimate of drug-likeness (QED) is 0.873. The van der Waals surface area contributed by atoms with Crippen LogP contribution in [0.25, 0.3) is 0 Å². The third kappa shape index (κ3) is 3.00. The summed E-state index contributed by atoms with van der Waals surface area (Å²) in [5.74, 6) is -0.307. The van der Waals surface area contributed by atoms with E-state index < -0.39 is 11.9 Å². The van der Waals surface area contributed by atoms with Gasteiger partial charge in [-0.2, -0.15) is 0 Å². The van der Waals surface area contributed by atoms with Gasteiger partial charge in [0.1, 0.15) is 5.75 Å². The van der Waals surface area contributed by atoms with Gasteiger partial charge in [-0.25, -0.2) is 0 Å². The molecule has 0 aliphatic carbocycles. The van der Waals surface area contributed by atoms with Gasteiger partial charge < -0.3 is 9.84 Å². The third-order valence-corrected chi connectivity index (χ3v) is 3.28. The molecule has 1 aromatic heterocycles. The van der Waals surface area contributed by atoms with E-state index in [1.807, 2.05) is 27.7 Å². The largest absolute Gasteiger partial charge is 0.496 e. The highest BCUT2D eigenvalue weighted by molar-refractivity contribution is 5.70. The van der Waals surface area contributed by atoms with Gasteiger partial charge in [0.2, 0.25) is 0 Å². The summed E-state index contributed by atoms with van der Waals surface area (Å²) in [7, 11) is 1.62. The number of carboxylic acid groups (broad SMARTS) is 1. The van der Waals surface area contributed by atoms with Crippen LogP contribution in [0.5, 0.6) is 5.75 Å². The molecule has 100 valence electrons. The van der Waals surface area contributed by atoms with Crippen molar-refractivity contribution in [1.82, 2.24) is 4.98 Å². The van der Waals surface area contributed by atoms with E-state index in [1.165, 1.54) is 0 Å². The van der Waals surface area contributed by atoms with E-state index in [-0.39, 0.29) is 5.92 Å². The Kier molecular flexibility index (Phi) is 4.70. The van der Waals surface area contributed by atoms with Gasteiger partial charge in [0.05, 0.1) is 13.0 Å². The lowest BCUT2D eigenvalue weighted by molar-refractivity contribution is -0.143. The lowest BCUT2D eigenvalue weighted by Crippen LogP contribution is -2.23.